The zero-order chi connectivity index (χ0) is 26.9. The van der Waals surface area contributed by atoms with Crippen LogP contribution in [0.1, 0.15) is 0 Å². The number of hydrogen-bond donors (Lipinski definition) is 1. The topological polar surface area (TPSA) is 12.0 Å². The van der Waals surface area contributed by atoms with Crippen LogP contribution >= 0.6 is 15.9 Å². The Labute approximate surface area is 242 Å². The molecular weight excluding hydrogens is 550 g/mol. The van der Waals surface area contributed by atoms with E-state index in [1.807, 2.05) is 12.1 Å². The van der Waals surface area contributed by atoms with Crippen LogP contribution in [0.5, 0.6) is 0 Å². The van der Waals surface area contributed by atoms with Gasteiger partial charge in [-0.25, -0.2) is 0 Å². The SMILES string of the molecule is Brc1ccc(Nc2ccc(-c3ccc4c(-c5ccccc5)c5ccccc5c(-c5ccccc5)c4c3)cc2)cc1. The van der Waals surface area contributed by atoms with Crippen LogP contribution in [-0.4, -0.2) is 0 Å². The Morgan fingerprint density at radius 2 is 0.800 bits per heavy atom. The maximum Gasteiger partial charge on any atom is 0.0384 e. The largest absolute Gasteiger partial charge is 0.356 e. The zero-order valence-corrected chi connectivity index (χ0v) is 23.4. The van der Waals surface area contributed by atoms with E-state index in [-0.39, 0.29) is 0 Å². The predicted octanol–water partition coefficient (Wildman–Crippen LogP) is 11.5. The first-order chi connectivity index (χ1) is 19.7. The van der Waals surface area contributed by atoms with Crippen LogP contribution in [0.15, 0.2) is 156 Å². The molecule has 7 aromatic carbocycles. The predicted molar refractivity (Wildman–Crippen MR) is 175 cm³/mol. The summed E-state index contributed by atoms with van der Waals surface area (Å²) in [4.78, 5) is 0. The molecule has 190 valence electrons. The number of hydrogen-bond acceptors (Lipinski definition) is 1. The van der Waals surface area contributed by atoms with Crippen LogP contribution < -0.4 is 5.32 Å². The van der Waals surface area contributed by atoms with Gasteiger partial charge in [0, 0.05) is 15.8 Å². The van der Waals surface area contributed by atoms with Crippen molar-refractivity contribution in [1.29, 1.82) is 0 Å². The molecule has 1 nitrogen and oxygen atoms in total. The number of nitrogens with one attached hydrogen (secondary N) is 1. The van der Waals surface area contributed by atoms with Gasteiger partial charge in [-0.3, -0.25) is 0 Å². The highest BCUT2D eigenvalue weighted by atomic mass is 79.9. The van der Waals surface area contributed by atoms with Gasteiger partial charge in [0.2, 0.25) is 0 Å². The average Bonchev–Trinajstić information content (AvgIpc) is 3.02. The number of halogens is 1. The second kappa shape index (κ2) is 10.5. The van der Waals surface area contributed by atoms with E-state index in [4.69, 9.17) is 0 Å². The van der Waals surface area contributed by atoms with Crippen molar-refractivity contribution < 1.29 is 0 Å². The minimum absolute atomic E-state index is 1.06. The van der Waals surface area contributed by atoms with Gasteiger partial charge in [0.05, 0.1) is 0 Å². The molecule has 0 saturated heterocycles. The minimum atomic E-state index is 1.06. The highest BCUT2D eigenvalue weighted by molar-refractivity contribution is 9.10. The molecule has 0 atom stereocenters. The van der Waals surface area contributed by atoms with Gasteiger partial charge >= 0.3 is 0 Å². The Morgan fingerprint density at radius 3 is 1.38 bits per heavy atom. The third-order valence-electron chi connectivity index (χ3n) is 7.50. The van der Waals surface area contributed by atoms with Crippen molar-refractivity contribution >= 4 is 48.8 Å². The molecular formula is C38H26BrN. The third kappa shape index (κ3) is 4.57. The molecule has 40 heavy (non-hydrogen) atoms. The van der Waals surface area contributed by atoms with Crippen LogP contribution in [-0.2, 0) is 0 Å². The van der Waals surface area contributed by atoms with E-state index in [1.54, 1.807) is 0 Å². The monoisotopic (exact) mass is 575 g/mol. The Hall–Kier alpha value is -4.66. The maximum atomic E-state index is 3.51. The normalized spacial score (nSPS) is 11.1. The summed E-state index contributed by atoms with van der Waals surface area (Å²) in [7, 11) is 0. The first-order valence-corrected chi connectivity index (χ1v) is 14.3. The second-order valence-electron chi connectivity index (χ2n) is 10.00. The van der Waals surface area contributed by atoms with E-state index in [2.05, 4.69) is 161 Å². The summed E-state index contributed by atoms with van der Waals surface area (Å²) in [6.45, 7) is 0. The molecule has 0 aromatic heterocycles. The molecule has 0 aliphatic heterocycles. The smallest absolute Gasteiger partial charge is 0.0384 e. The lowest BCUT2D eigenvalue weighted by Gasteiger charge is -2.18. The summed E-state index contributed by atoms with van der Waals surface area (Å²) in [5, 5.41) is 8.57. The Kier molecular flexibility index (Phi) is 6.39. The molecule has 0 aliphatic rings. The number of anilines is 2. The highest BCUT2D eigenvalue weighted by Gasteiger charge is 2.17. The molecule has 7 aromatic rings. The molecule has 0 fully saturated rings. The standard InChI is InChI=1S/C38H26BrN/c39-30-18-22-32(23-19-30)40-31-20-15-26(16-21-31)29-17-24-35-36(25-29)38(28-11-5-2-6-12-28)34-14-8-7-13-33(34)37(35)27-9-3-1-4-10-27/h1-25,40H. The van der Waals surface area contributed by atoms with Gasteiger partial charge in [-0.05, 0) is 97.4 Å². The fourth-order valence-electron chi connectivity index (χ4n) is 5.64. The van der Waals surface area contributed by atoms with Gasteiger partial charge in [-0.1, -0.05) is 125 Å². The van der Waals surface area contributed by atoms with Crippen molar-refractivity contribution in [2.75, 3.05) is 5.32 Å². The van der Waals surface area contributed by atoms with Crippen LogP contribution in [0.3, 0.4) is 0 Å². The van der Waals surface area contributed by atoms with Crippen LogP contribution in [0.2, 0.25) is 0 Å². The highest BCUT2D eigenvalue weighted by Crippen LogP contribution is 2.44. The van der Waals surface area contributed by atoms with Gasteiger partial charge in [0.1, 0.15) is 0 Å². The van der Waals surface area contributed by atoms with Crippen molar-refractivity contribution in [3.8, 4) is 33.4 Å². The zero-order valence-electron chi connectivity index (χ0n) is 21.8. The fourth-order valence-corrected chi connectivity index (χ4v) is 5.90. The van der Waals surface area contributed by atoms with Crippen molar-refractivity contribution in [1.82, 2.24) is 0 Å². The molecule has 0 spiro atoms. The number of benzene rings is 7. The molecule has 0 heterocycles. The summed E-state index contributed by atoms with van der Waals surface area (Å²) >= 11 is 3.51. The maximum absolute atomic E-state index is 3.51. The first kappa shape index (κ1) is 24.4. The molecule has 7 rings (SSSR count). The molecule has 2 heteroatoms. The van der Waals surface area contributed by atoms with E-state index in [0.717, 1.165) is 15.8 Å². The van der Waals surface area contributed by atoms with Gasteiger partial charge in [0.25, 0.3) is 0 Å². The quantitative estimate of drug-likeness (QED) is 0.201. The average molecular weight is 577 g/mol. The Morgan fingerprint density at radius 1 is 0.350 bits per heavy atom. The Bertz CT molecular complexity index is 1940. The van der Waals surface area contributed by atoms with Crippen molar-refractivity contribution in [2.45, 2.75) is 0 Å². The van der Waals surface area contributed by atoms with Crippen LogP contribution in [0.25, 0.3) is 54.9 Å². The summed E-state index contributed by atoms with van der Waals surface area (Å²) < 4.78 is 1.07. The van der Waals surface area contributed by atoms with Crippen LogP contribution in [0.4, 0.5) is 11.4 Å². The lowest BCUT2D eigenvalue weighted by Crippen LogP contribution is -1.92. The molecule has 0 unspecified atom stereocenters. The molecule has 0 amide bonds. The van der Waals surface area contributed by atoms with Gasteiger partial charge in [0.15, 0.2) is 0 Å². The summed E-state index contributed by atoms with van der Waals surface area (Å²) in [6, 6.07) is 54.2. The first-order valence-electron chi connectivity index (χ1n) is 13.5. The summed E-state index contributed by atoms with van der Waals surface area (Å²) in [6.07, 6.45) is 0. The van der Waals surface area contributed by atoms with E-state index < -0.39 is 0 Å². The van der Waals surface area contributed by atoms with E-state index in [1.165, 1.54) is 54.9 Å². The van der Waals surface area contributed by atoms with Crippen LogP contribution in [0, 0.1) is 0 Å². The van der Waals surface area contributed by atoms with Crippen molar-refractivity contribution in [3.63, 3.8) is 0 Å². The molecule has 0 saturated carbocycles. The summed E-state index contributed by atoms with van der Waals surface area (Å²) in [5.41, 5.74) is 9.55. The second-order valence-corrected chi connectivity index (χ2v) is 10.9. The lowest BCUT2D eigenvalue weighted by molar-refractivity contribution is 1.53. The molecule has 1 N–H and O–H groups in total. The third-order valence-corrected chi connectivity index (χ3v) is 8.03. The number of fused-ring (bicyclic) bond motifs is 2. The van der Waals surface area contributed by atoms with Crippen molar-refractivity contribution in [2.24, 2.45) is 0 Å². The van der Waals surface area contributed by atoms with E-state index in [9.17, 15) is 0 Å². The van der Waals surface area contributed by atoms with Crippen molar-refractivity contribution in [3.05, 3.63) is 156 Å². The summed E-state index contributed by atoms with van der Waals surface area (Å²) in [5.74, 6) is 0. The van der Waals surface area contributed by atoms with Gasteiger partial charge in [-0.15, -0.1) is 0 Å². The van der Waals surface area contributed by atoms with Gasteiger partial charge < -0.3 is 5.32 Å². The Balaban J connectivity index is 1.41. The van der Waals surface area contributed by atoms with E-state index >= 15 is 0 Å². The van der Waals surface area contributed by atoms with Gasteiger partial charge in [-0.2, -0.15) is 0 Å². The van der Waals surface area contributed by atoms with E-state index in [0.29, 0.717) is 0 Å². The molecule has 0 aliphatic carbocycles. The molecule has 0 radical (unpaired) electrons. The lowest BCUT2D eigenvalue weighted by atomic mass is 9.85. The number of rotatable bonds is 5. The fraction of sp³-hybridized carbons (Fsp3) is 0. The minimum Gasteiger partial charge on any atom is -0.356 e. The molecule has 0 bridgehead atoms.